The van der Waals surface area contributed by atoms with Gasteiger partial charge in [-0.15, -0.1) is 4.89 Å². The lowest BCUT2D eigenvalue weighted by Crippen LogP contribution is -2.33. The zero-order valence-electron chi connectivity index (χ0n) is 10.1. The Kier molecular flexibility index (Phi) is 4.53. The molecule has 0 bridgehead atoms. The topological polar surface area (TPSA) is 44.8 Å². The van der Waals surface area contributed by atoms with Crippen molar-refractivity contribution < 1.29 is 27.5 Å². The second-order valence-corrected chi connectivity index (χ2v) is 4.04. The first kappa shape index (κ1) is 14.7. The summed E-state index contributed by atoms with van der Waals surface area (Å²) in [4.78, 5) is 14.6. The fourth-order valence-corrected chi connectivity index (χ4v) is 1.82. The van der Waals surface area contributed by atoms with E-state index >= 15 is 0 Å². The normalized spacial score (nSPS) is 11.6. The van der Waals surface area contributed by atoms with Crippen molar-refractivity contribution in [2.75, 3.05) is 0 Å². The van der Waals surface area contributed by atoms with Crippen LogP contribution in [-0.2, 0) is 25.4 Å². The van der Waals surface area contributed by atoms with Crippen molar-refractivity contribution in [3.05, 3.63) is 48.0 Å². The van der Waals surface area contributed by atoms with Crippen LogP contribution in [0, 0.1) is 0 Å². The van der Waals surface area contributed by atoms with Crippen molar-refractivity contribution in [1.82, 2.24) is 0 Å². The SMILES string of the molecule is O=C(OCc1cccc2ccccc12)C(F)(F)OOS. The Balaban J connectivity index is 2.12. The number of halogens is 2. The Morgan fingerprint density at radius 3 is 2.60 bits per heavy atom. The highest BCUT2D eigenvalue weighted by molar-refractivity contribution is 7.74. The zero-order valence-corrected chi connectivity index (χ0v) is 11.0. The van der Waals surface area contributed by atoms with Crippen LogP contribution < -0.4 is 0 Å². The quantitative estimate of drug-likeness (QED) is 0.303. The lowest BCUT2D eigenvalue weighted by Gasteiger charge is -2.13. The second kappa shape index (κ2) is 6.17. The van der Waals surface area contributed by atoms with E-state index in [1.807, 2.05) is 24.3 Å². The molecule has 0 saturated heterocycles. The van der Waals surface area contributed by atoms with Gasteiger partial charge < -0.3 is 4.74 Å². The highest BCUT2D eigenvalue weighted by Crippen LogP contribution is 2.22. The minimum atomic E-state index is -4.20. The van der Waals surface area contributed by atoms with Gasteiger partial charge in [0.2, 0.25) is 0 Å². The van der Waals surface area contributed by atoms with E-state index < -0.39 is 12.1 Å². The van der Waals surface area contributed by atoms with Gasteiger partial charge in [-0.3, -0.25) is 0 Å². The maximum Gasteiger partial charge on any atom is 0.483 e. The monoisotopic (exact) mass is 300 g/mol. The van der Waals surface area contributed by atoms with Crippen LogP contribution in [0.3, 0.4) is 0 Å². The summed E-state index contributed by atoms with van der Waals surface area (Å²) in [6.07, 6.45) is -4.20. The van der Waals surface area contributed by atoms with E-state index in [1.54, 1.807) is 18.2 Å². The van der Waals surface area contributed by atoms with Gasteiger partial charge in [-0.1, -0.05) is 42.5 Å². The van der Waals surface area contributed by atoms with Crippen molar-refractivity contribution >= 4 is 29.7 Å². The van der Waals surface area contributed by atoms with Gasteiger partial charge in [-0.25, -0.2) is 4.79 Å². The molecule has 0 unspecified atom stereocenters. The summed E-state index contributed by atoms with van der Waals surface area (Å²) in [5, 5.41) is 1.74. The largest absolute Gasteiger partial charge is 0.483 e. The van der Waals surface area contributed by atoms with Crippen LogP contribution in [0.5, 0.6) is 0 Å². The van der Waals surface area contributed by atoms with Crippen LogP contribution in [0.15, 0.2) is 42.5 Å². The fourth-order valence-electron chi connectivity index (χ4n) is 1.73. The number of hydrogen-bond donors (Lipinski definition) is 1. The molecule has 0 saturated carbocycles. The number of fused-ring (bicyclic) bond motifs is 1. The number of ether oxygens (including phenoxy) is 1. The van der Waals surface area contributed by atoms with Gasteiger partial charge in [0.15, 0.2) is 0 Å². The molecule has 106 valence electrons. The average Bonchev–Trinajstić information content (AvgIpc) is 2.44. The van der Waals surface area contributed by atoms with E-state index in [-0.39, 0.29) is 6.61 Å². The molecule has 0 aliphatic rings. The standard InChI is InChI=1S/C13H10F2O4S/c14-13(15,18-19-20)12(16)17-8-10-6-3-5-9-4-1-2-7-11(9)10/h1-7,20H,8H2. The summed E-state index contributed by atoms with van der Waals surface area (Å²) in [6, 6.07) is 12.6. The Bertz CT molecular complexity index is 613. The van der Waals surface area contributed by atoms with Gasteiger partial charge in [0.1, 0.15) is 6.61 Å². The summed E-state index contributed by atoms with van der Waals surface area (Å²) in [6.45, 7) is -0.300. The molecule has 0 aromatic heterocycles. The third-order valence-corrected chi connectivity index (χ3v) is 2.69. The molecular formula is C13H10F2O4S. The molecule has 0 aliphatic carbocycles. The molecule has 2 aromatic rings. The Hall–Kier alpha value is -1.70. The number of esters is 1. The summed E-state index contributed by atoms with van der Waals surface area (Å²) in [5.74, 6) is -1.85. The van der Waals surface area contributed by atoms with Gasteiger partial charge >= 0.3 is 12.1 Å². The number of thiol groups is 1. The van der Waals surface area contributed by atoms with Crippen LogP contribution in [0.25, 0.3) is 10.8 Å². The van der Waals surface area contributed by atoms with Crippen LogP contribution in [0.4, 0.5) is 8.78 Å². The average molecular weight is 300 g/mol. The van der Waals surface area contributed by atoms with Crippen molar-refractivity contribution in [2.24, 2.45) is 0 Å². The van der Waals surface area contributed by atoms with Gasteiger partial charge in [0.05, 0.1) is 0 Å². The van der Waals surface area contributed by atoms with E-state index in [0.29, 0.717) is 5.56 Å². The predicted octanol–water partition coefficient (Wildman–Crippen LogP) is 3.27. The van der Waals surface area contributed by atoms with Crippen LogP contribution in [-0.4, -0.2) is 12.1 Å². The maximum atomic E-state index is 13.0. The summed E-state index contributed by atoms with van der Waals surface area (Å²) in [7, 11) is 0. The summed E-state index contributed by atoms with van der Waals surface area (Å²) >= 11 is 2.99. The van der Waals surface area contributed by atoms with Crippen LogP contribution >= 0.6 is 12.9 Å². The first-order valence-electron chi connectivity index (χ1n) is 5.55. The number of carbonyl (C=O) groups is 1. The van der Waals surface area contributed by atoms with Crippen LogP contribution in [0.2, 0.25) is 0 Å². The van der Waals surface area contributed by atoms with Gasteiger partial charge in [-0.2, -0.15) is 13.1 Å². The molecule has 4 nitrogen and oxygen atoms in total. The molecule has 0 atom stereocenters. The number of alkyl halides is 2. The molecule has 0 spiro atoms. The minimum absolute atomic E-state index is 0.300. The lowest BCUT2D eigenvalue weighted by atomic mass is 10.1. The van der Waals surface area contributed by atoms with Crippen molar-refractivity contribution in [1.29, 1.82) is 0 Å². The Morgan fingerprint density at radius 2 is 1.85 bits per heavy atom. The van der Waals surface area contributed by atoms with Crippen LogP contribution in [0.1, 0.15) is 5.56 Å². The van der Waals surface area contributed by atoms with Gasteiger partial charge in [0, 0.05) is 12.9 Å². The summed E-state index contributed by atoms with van der Waals surface area (Å²) < 4.78 is 33.9. The smallest absolute Gasteiger partial charge is 0.454 e. The lowest BCUT2D eigenvalue weighted by molar-refractivity contribution is -0.369. The Morgan fingerprint density at radius 1 is 1.15 bits per heavy atom. The van der Waals surface area contributed by atoms with E-state index in [1.165, 1.54) is 0 Å². The molecule has 0 fully saturated rings. The van der Waals surface area contributed by atoms with Gasteiger partial charge in [-0.05, 0) is 16.3 Å². The molecule has 7 heteroatoms. The van der Waals surface area contributed by atoms with Crippen molar-refractivity contribution in [3.8, 4) is 0 Å². The second-order valence-electron chi connectivity index (χ2n) is 3.89. The number of rotatable bonds is 5. The number of hydrogen-bond acceptors (Lipinski definition) is 5. The van der Waals surface area contributed by atoms with E-state index in [2.05, 4.69) is 26.9 Å². The highest BCUT2D eigenvalue weighted by Gasteiger charge is 2.44. The van der Waals surface area contributed by atoms with Gasteiger partial charge in [0.25, 0.3) is 0 Å². The predicted molar refractivity (Wildman–Crippen MR) is 69.8 cm³/mol. The summed E-state index contributed by atoms with van der Waals surface area (Å²) in [5.41, 5.74) is 0.610. The van der Waals surface area contributed by atoms with E-state index in [4.69, 9.17) is 0 Å². The number of carbonyl (C=O) groups excluding carboxylic acids is 1. The molecule has 0 N–H and O–H groups in total. The maximum absolute atomic E-state index is 13.0. The molecule has 0 heterocycles. The molecule has 2 aromatic carbocycles. The molecule has 0 radical (unpaired) electrons. The molecule has 20 heavy (non-hydrogen) atoms. The zero-order chi connectivity index (χ0) is 14.6. The molecule has 0 amide bonds. The molecule has 0 aliphatic heterocycles. The molecule has 2 rings (SSSR count). The first-order valence-corrected chi connectivity index (χ1v) is 5.92. The fraction of sp³-hybridized carbons (Fsp3) is 0.154. The number of benzene rings is 2. The van der Waals surface area contributed by atoms with Crippen molar-refractivity contribution in [2.45, 2.75) is 12.7 Å². The van der Waals surface area contributed by atoms with E-state index in [9.17, 15) is 13.6 Å². The van der Waals surface area contributed by atoms with E-state index in [0.717, 1.165) is 10.8 Å². The third kappa shape index (κ3) is 3.24. The van der Waals surface area contributed by atoms with Crippen molar-refractivity contribution in [3.63, 3.8) is 0 Å². The minimum Gasteiger partial charge on any atom is -0.454 e. The Labute approximate surface area is 118 Å². The third-order valence-electron chi connectivity index (χ3n) is 2.62. The first-order chi connectivity index (χ1) is 9.54. The highest BCUT2D eigenvalue weighted by atomic mass is 32.1. The molecular weight excluding hydrogens is 290 g/mol.